The third kappa shape index (κ3) is 3.59. The van der Waals surface area contributed by atoms with Crippen LogP contribution in [0.15, 0.2) is 36.5 Å². The zero-order valence-electron chi connectivity index (χ0n) is 16.0. The van der Waals surface area contributed by atoms with Crippen LogP contribution in [0.4, 0.5) is 4.39 Å². The standard InChI is InChI=1S/C21H20ClFN4O2S/c22-16-10-25-27-6-7-29-21-15(19(16)27)9-18(30-21)20(28)26-17-11-24-5-4-14(17)12-2-1-3-13(23)8-12/h1-3,8-10,14,17,24H,4-7,11H2,(H,26,28)/t14-,17+/m0/s1. The molecule has 1 fully saturated rings. The van der Waals surface area contributed by atoms with Gasteiger partial charge in [-0.05, 0) is 36.7 Å². The summed E-state index contributed by atoms with van der Waals surface area (Å²) < 4.78 is 21.4. The molecule has 0 bridgehead atoms. The summed E-state index contributed by atoms with van der Waals surface area (Å²) in [5, 5.41) is 11.9. The van der Waals surface area contributed by atoms with E-state index in [-0.39, 0.29) is 23.7 Å². The maximum absolute atomic E-state index is 13.7. The van der Waals surface area contributed by atoms with Gasteiger partial charge in [-0.25, -0.2) is 4.39 Å². The highest BCUT2D eigenvalue weighted by Gasteiger charge is 2.30. The first kappa shape index (κ1) is 19.5. The lowest BCUT2D eigenvalue weighted by atomic mass is 9.86. The molecular formula is C21H20ClFN4O2S. The number of halogens is 2. The van der Waals surface area contributed by atoms with Gasteiger partial charge in [0.2, 0.25) is 0 Å². The monoisotopic (exact) mass is 446 g/mol. The fourth-order valence-corrected chi connectivity index (χ4v) is 5.35. The highest BCUT2D eigenvalue weighted by Crippen LogP contribution is 2.42. The van der Waals surface area contributed by atoms with E-state index in [1.165, 1.54) is 17.4 Å². The Morgan fingerprint density at radius 3 is 3.17 bits per heavy atom. The average Bonchev–Trinajstić information content (AvgIpc) is 3.27. The number of piperidine rings is 1. The molecule has 0 radical (unpaired) electrons. The minimum Gasteiger partial charge on any atom is -0.481 e. The van der Waals surface area contributed by atoms with E-state index in [4.69, 9.17) is 16.3 Å². The first-order valence-electron chi connectivity index (χ1n) is 9.85. The van der Waals surface area contributed by atoms with Crippen LogP contribution in [-0.2, 0) is 6.54 Å². The zero-order chi connectivity index (χ0) is 20.7. The largest absolute Gasteiger partial charge is 0.481 e. The van der Waals surface area contributed by atoms with Crippen molar-refractivity contribution in [1.29, 1.82) is 0 Å². The number of fused-ring (bicyclic) bond motifs is 3. The Labute approximate surface area is 182 Å². The second kappa shape index (κ2) is 8.02. The van der Waals surface area contributed by atoms with Crippen LogP contribution in [0.3, 0.4) is 0 Å². The summed E-state index contributed by atoms with van der Waals surface area (Å²) in [7, 11) is 0. The molecule has 2 aliphatic rings. The molecule has 9 heteroatoms. The summed E-state index contributed by atoms with van der Waals surface area (Å²) in [6.45, 7) is 2.53. The van der Waals surface area contributed by atoms with Crippen LogP contribution in [0.5, 0.6) is 5.06 Å². The minimum absolute atomic E-state index is 0.0517. The molecule has 6 nitrogen and oxygen atoms in total. The van der Waals surface area contributed by atoms with E-state index in [0.29, 0.717) is 34.7 Å². The molecule has 1 amide bonds. The van der Waals surface area contributed by atoms with E-state index in [2.05, 4.69) is 15.7 Å². The van der Waals surface area contributed by atoms with Gasteiger partial charge in [0.1, 0.15) is 12.4 Å². The fourth-order valence-electron chi connectivity index (χ4n) is 4.17. The first-order chi connectivity index (χ1) is 14.6. The summed E-state index contributed by atoms with van der Waals surface area (Å²) in [5.41, 5.74) is 2.47. The van der Waals surface area contributed by atoms with Crippen molar-refractivity contribution in [3.63, 3.8) is 0 Å². The Bertz CT molecular complexity index is 1100. The third-order valence-corrected chi connectivity index (χ3v) is 6.91. The molecule has 2 atom stereocenters. The molecule has 1 saturated heterocycles. The number of thiophene rings is 1. The average molecular weight is 447 g/mol. The van der Waals surface area contributed by atoms with Crippen molar-refractivity contribution in [2.24, 2.45) is 0 Å². The van der Waals surface area contributed by atoms with Gasteiger partial charge in [0.25, 0.3) is 5.91 Å². The molecule has 2 aromatic heterocycles. The highest BCUT2D eigenvalue weighted by molar-refractivity contribution is 7.16. The minimum atomic E-state index is -0.260. The number of ether oxygens (including phenoxy) is 1. The zero-order valence-corrected chi connectivity index (χ0v) is 17.6. The number of benzene rings is 1. The van der Waals surface area contributed by atoms with Gasteiger partial charge < -0.3 is 15.4 Å². The Morgan fingerprint density at radius 1 is 1.40 bits per heavy atom. The van der Waals surface area contributed by atoms with Gasteiger partial charge in [0.05, 0.1) is 33.9 Å². The third-order valence-electron chi connectivity index (χ3n) is 5.58. The lowest BCUT2D eigenvalue weighted by molar-refractivity contribution is 0.0928. The van der Waals surface area contributed by atoms with Gasteiger partial charge in [-0.1, -0.05) is 35.1 Å². The molecule has 0 saturated carbocycles. The number of rotatable bonds is 3. The summed E-state index contributed by atoms with van der Waals surface area (Å²) in [5.74, 6) is -0.381. The molecule has 0 spiro atoms. The van der Waals surface area contributed by atoms with Crippen LogP contribution in [0.25, 0.3) is 11.3 Å². The molecule has 0 unspecified atom stereocenters. The van der Waals surface area contributed by atoms with Crippen molar-refractivity contribution < 1.29 is 13.9 Å². The van der Waals surface area contributed by atoms with Crippen LogP contribution in [0, 0.1) is 5.82 Å². The fraction of sp³-hybridized carbons (Fsp3) is 0.333. The van der Waals surface area contributed by atoms with Crippen molar-refractivity contribution in [1.82, 2.24) is 20.4 Å². The van der Waals surface area contributed by atoms with Crippen molar-refractivity contribution in [2.75, 3.05) is 19.7 Å². The maximum atomic E-state index is 13.7. The van der Waals surface area contributed by atoms with Crippen LogP contribution < -0.4 is 15.4 Å². The van der Waals surface area contributed by atoms with Crippen molar-refractivity contribution in [3.05, 3.63) is 57.8 Å². The number of aromatic nitrogens is 2. The Hall–Kier alpha value is -2.42. The Morgan fingerprint density at radius 2 is 2.30 bits per heavy atom. The summed E-state index contributed by atoms with van der Waals surface area (Å²) in [6.07, 6.45) is 2.44. The smallest absolute Gasteiger partial charge is 0.261 e. The lowest BCUT2D eigenvalue weighted by Gasteiger charge is -2.33. The topological polar surface area (TPSA) is 68.2 Å². The van der Waals surface area contributed by atoms with Gasteiger partial charge in [-0.3, -0.25) is 9.48 Å². The highest BCUT2D eigenvalue weighted by atomic mass is 35.5. The van der Waals surface area contributed by atoms with Crippen LogP contribution in [-0.4, -0.2) is 41.4 Å². The number of nitrogens with zero attached hydrogens (tertiary/aromatic N) is 2. The molecular weight excluding hydrogens is 427 g/mol. The maximum Gasteiger partial charge on any atom is 0.261 e. The van der Waals surface area contributed by atoms with Gasteiger partial charge in [-0.15, -0.1) is 0 Å². The quantitative estimate of drug-likeness (QED) is 0.644. The summed E-state index contributed by atoms with van der Waals surface area (Å²) in [6, 6.07) is 8.30. The van der Waals surface area contributed by atoms with E-state index < -0.39 is 0 Å². The number of carbonyl (C=O) groups is 1. The summed E-state index contributed by atoms with van der Waals surface area (Å²) >= 11 is 7.63. The number of carbonyl (C=O) groups excluding carboxylic acids is 1. The van der Waals surface area contributed by atoms with Crippen LogP contribution in [0.1, 0.15) is 27.6 Å². The molecule has 1 aromatic carbocycles. The SMILES string of the molecule is O=C(N[C@@H]1CNCC[C@H]1c1cccc(F)c1)c1cc2c(s1)OCCn1ncc(Cl)c1-2. The van der Waals surface area contributed by atoms with E-state index in [1.807, 2.05) is 12.1 Å². The lowest BCUT2D eigenvalue weighted by Crippen LogP contribution is -2.49. The van der Waals surface area contributed by atoms with Crippen LogP contribution in [0.2, 0.25) is 5.02 Å². The molecule has 30 heavy (non-hydrogen) atoms. The molecule has 156 valence electrons. The molecule has 2 N–H and O–H groups in total. The first-order valence-corrected chi connectivity index (χ1v) is 11.0. The Balaban J connectivity index is 1.40. The van der Waals surface area contributed by atoms with E-state index in [0.717, 1.165) is 29.8 Å². The Kier molecular flexibility index (Phi) is 5.22. The number of nitrogens with one attached hydrogen (secondary N) is 2. The van der Waals surface area contributed by atoms with Crippen LogP contribution >= 0.6 is 22.9 Å². The van der Waals surface area contributed by atoms with Crippen molar-refractivity contribution in [2.45, 2.75) is 24.9 Å². The van der Waals surface area contributed by atoms with Gasteiger partial charge >= 0.3 is 0 Å². The second-order valence-corrected chi connectivity index (χ2v) is 8.88. The predicted octanol–water partition coefficient (Wildman–Crippen LogP) is 3.67. The van der Waals surface area contributed by atoms with E-state index >= 15 is 0 Å². The van der Waals surface area contributed by atoms with Gasteiger partial charge in [-0.2, -0.15) is 5.10 Å². The molecule has 2 aliphatic heterocycles. The van der Waals surface area contributed by atoms with Crippen molar-refractivity contribution in [3.8, 4) is 16.3 Å². The molecule has 3 aromatic rings. The van der Waals surface area contributed by atoms with E-state index in [9.17, 15) is 9.18 Å². The number of hydrogen-bond acceptors (Lipinski definition) is 5. The normalized spacial score (nSPS) is 20.6. The summed E-state index contributed by atoms with van der Waals surface area (Å²) in [4.78, 5) is 13.6. The molecule has 4 heterocycles. The molecule has 5 rings (SSSR count). The van der Waals surface area contributed by atoms with Crippen molar-refractivity contribution >= 4 is 28.8 Å². The predicted molar refractivity (Wildman–Crippen MR) is 114 cm³/mol. The number of hydrogen-bond donors (Lipinski definition) is 2. The van der Waals surface area contributed by atoms with Gasteiger partial charge in [0.15, 0.2) is 5.06 Å². The second-order valence-electron chi connectivity index (χ2n) is 7.46. The van der Waals surface area contributed by atoms with E-state index in [1.54, 1.807) is 23.0 Å². The number of amides is 1. The molecule has 0 aliphatic carbocycles. The van der Waals surface area contributed by atoms with Gasteiger partial charge in [0, 0.05) is 18.5 Å².